The van der Waals surface area contributed by atoms with Gasteiger partial charge in [0.25, 0.3) is 0 Å². The van der Waals surface area contributed by atoms with Gasteiger partial charge in [-0.1, -0.05) is 0 Å². The number of ether oxygens (including phenoxy) is 2. The first-order valence-corrected chi connectivity index (χ1v) is 5.39. The summed E-state index contributed by atoms with van der Waals surface area (Å²) in [4.78, 5) is 22.2. The second kappa shape index (κ2) is 13.5. The van der Waals surface area contributed by atoms with E-state index in [0.717, 1.165) is 0 Å². The molecule has 0 N–H and O–H groups in total. The molecule has 0 rings (SSSR count). The van der Waals surface area contributed by atoms with Gasteiger partial charge in [0.2, 0.25) is 0 Å². The Morgan fingerprint density at radius 3 is 2.12 bits per heavy atom. The van der Waals surface area contributed by atoms with Gasteiger partial charge < -0.3 is 9.47 Å². The Balaban J connectivity index is -0.000000980. The topological polar surface area (TPSA) is 78.9 Å². The van der Waals surface area contributed by atoms with Crippen LogP contribution in [-0.4, -0.2) is 42.2 Å². The molecule has 2 atom stereocenters. The van der Waals surface area contributed by atoms with E-state index >= 15 is 0 Å². The van der Waals surface area contributed by atoms with Crippen molar-refractivity contribution in [1.82, 2.24) is 0 Å². The molecule has 0 amide bonds. The van der Waals surface area contributed by atoms with E-state index in [1.54, 1.807) is 6.92 Å². The first-order valence-electron chi connectivity index (χ1n) is 4.25. The smallest absolute Gasteiger partial charge is 0.469 e. The van der Waals surface area contributed by atoms with E-state index in [4.69, 9.17) is 0 Å². The first-order chi connectivity index (χ1) is 7.06. The number of hydrogen-bond acceptors (Lipinski definition) is 6. The van der Waals surface area contributed by atoms with E-state index in [1.165, 1.54) is 14.2 Å². The molecule has 0 aliphatic rings. The van der Waals surface area contributed by atoms with Crippen LogP contribution in [0.15, 0.2) is 0 Å². The van der Waals surface area contributed by atoms with Crippen molar-refractivity contribution >= 4 is 23.0 Å². The molecule has 0 saturated heterocycles. The fraction of sp³-hybridized carbons (Fsp3) is 0.750. The normalized spacial score (nSPS) is 12.4. The number of esters is 2. The van der Waals surface area contributed by atoms with Gasteiger partial charge in [0.15, 0.2) is 16.3 Å². The molecule has 0 aliphatic carbocycles. The van der Waals surface area contributed by atoms with Crippen LogP contribution in [0.2, 0.25) is 0 Å². The largest absolute Gasteiger partial charge is 1.00 e. The zero-order valence-electron chi connectivity index (χ0n) is 10.8. The Labute approximate surface area is 147 Å². The van der Waals surface area contributed by atoms with E-state index in [1.807, 2.05) is 0 Å². The summed E-state index contributed by atoms with van der Waals surface area (Å²) in [7, 11) is 2.36. The number of methoxy groups -OCH3 is 1. The zero-order chi connectivity index (χ0) is 11.8. The van der Waals surface area contributed by atoms with Crippen molar-refractivity contribution in [3.63, 3.8) is 0 Å². The second-order valence-corrected chi connectivity index (χ2v) is 3.87. The van der Waals surface area contributed by atoms with Crippen molar-refractivity contribution in [2.75, 3.05) is 20.8 Å². The van der Waals surface area contributed by atoms with Crippen molar-refractivity contribution < 1.29 is 86.6 Å². The molecular formula is C8H14Na2O6S+2. The molecule has 0 aromatic carbocycles. The maximum Gasteiger partial charge on any atom is 1.00 e. The van der Waals surface area contributed by atoms with Gasteiger partial charge in [-0.05, 0) is 6.92 Å². The molecule has 0 fully saturated rings. The molecule has 0 saturated carbocycles. The van der Waals surface area contributed by atoms with E-state index in [9.17, 15) is 13.8 Å². The van der Waals surface area contributed by atoms with Crippen molar-refractivity contribution in [2.24, 2.45) is 0 Å². The molecule has 88 valence electrons. The maximum absolute atomic E-state index is 11.3. The number of carbonyl (C=O) groups is 2. The Hall–Kier alpha value is 1.05. The monoisotopic (exact) mass is 284 g/mol. The van der Waals surface area contributed by atoms with Crippen LogP contribution in [0.1, 0.15) is 13.3 Å². The molecule has 0 radical (unpaired) electrons. The van der Waals surface area contributed by atoms with Crippen LogP contribution in [0.25, 0.3) is 0 Å². The Bertz CT molecular complexity index is 260. The summed E-state index contributed by atoms with van der Waals surface area (Å²) >= 11 is -1.89. The van der Waals surface area contributed by atoms with Crippen LogP contribution >= 0.6 is 0 Å². The molecule has 0 bridgehead atoms. The minimum Gasteiger partial charge on any atom is -0.469 e. The Kier molecular flexibility index (Phi) is 18.4. The van der Waals surface area contributed by atoms with Crippen LogP contribution in [0.3, 0.4) is 0 Å². The van der Waals surface area contributed by atoms with Crippen molar-refractivity contribution in [3.8, 4) is 0 Å². The SMILES string of the molecule is CCOC(=O)C(CC(=O)OC)S(=O)OC.[Na+].[Na+]. The summed E-state index contributed by atoms with van der Waals surface area (Å²) in [5.74, 6) is -1.37. The maximum atomic E-state index is 11.3. The van der Waals surface area contributed by atoms with Crippen LogP contribution in [0, 0.1) is 0 Å². The van der Waals surface area contributed by atoms with E-state index < -0.39 is 28.3 Å². The minimum absolute atomic E-state index is 0. The molecule has 0 heterocycles. The summed E-state index contributed by atoms with van der Waals surface area (Å²) in [5.41, 5.74) is 0. The molecule has 9 heteroatoms. The Morgan fingerprint density at radius 2 is 1.76 bits per heavy atom. The summed E-state index contributed by atoms with van der Waals surface area (Å²) in [6.07, 6.45) is -0.324. The van der Waals surface area contributed by atoms with Crippen molar-refractivity contribution in [2.45, 2.75) is 18.6 Å². The molecule has 6 nitrogen and oxygen atoms in total. The number of hydrogen-bond donors (Lipinski definition) is 0. The number of carbonyl (C=O) groups excluding carboxylic acids is 2. The summed E-state index contributed by atoms with van der Waals surface area (Å²) in [6.45, 7) is 1.76. The van der Waals surface area contributed by atoms with Gasteiger partial charge in [0.1, 0.15) is 0 Å². The second-order valence-electron chi connectivity index (χ2n) is 2.45. The average molecular weight is 284 g/mol. The molecule has 0 aromatic rings. The van der Waals surface area contributed by atoms with Crippen molar-refractivity contribution in [1.29, 1.82) is 0 Å². The summed E-state index contributed by atoms with van der Waals surface area (Å²) in [6, 6.07) is 0. The molecule has 0 spiro atoms. The molecule has 0 aliphatic heterocycles. The van der Waals surface area contributed by atoms with Gasteiger partial charge in [0, 0.05) is 0 Å². The average Bonchev–Trinajstić information content (AvgIpc) is 2.24. The van der Waals surface area contributed by atoms with E-state index in [0.29, 0.717) is 0 Å². The third-order valence-electron chi connectivity index (χ3n) is 1.53. The van der Waals surface area contributed by atoms with Crippen LogP contribution in [0.4, 0.5) is 0 Å². The molecular weight excluding hydrogens is 270 g/mol. The quantitative estimate of drug-likeness (QED) is 0.357. The molecule has 17 heavy (non-hydrogen) atoms. The van der Waals surface area contributed by atoms with Gasteiger partial charge in [-0.3, -0.25) is 13.8 Å². The first kappa shape index (κ1) is 23.2. The van der Waals surface area contributed by atoms with Gasteiger partial charge in [-0.25, -0.2) is 4.21 Å². The fourth-order valence-corrected chi connectivity index (χ4v) is 1.55. The standard InChI is InChI=1S/C8H14O6S.2Na/c1-4-14-8(10)6(15(11)13-3)5-7(9)12-2;;/h6H,4-5H2,1-3H3;;/q;2*+1. The van der Waals surface area contributed by atoms with E-state index in [2.05, 4.69) is 13.7 Å². The van der Waals surface area contributed by atoms with E-state index in [-0.39, 0.29) is 72.1 Å². The Morgan fingerprint density at radius 1 is 1.24 bits per heavy atom. The van der Waals surface area contributed by atoms with Crippen LogP contribution < -0.4 is 59.1 Å². The zero-order valence-corrected chi connectivity index (χ0v) is 15.7. The molecule has 2 unspecified atom stereocenters. The summed E-state index contributed by atoms with van der Waals surface area (Å²) < 4.78 is 24.8. The third-order valence-corrected chi connectivity index (χ3v) is 2.68. The fourth-order valence-electron chi connectivity index (χ4n) is 0.816. The number of rotatable bonds is 6. The van der Waals surface area contributed by atoms with Gasteiger partial charge in [0.05, 0.1) is 27.2 Å². The van der Waals surface area contributed by atoms with Crippen LogP contribution in [-0.2, 0) is 34.3 Å². The third kappa shape index (κ3) is 9.61. The predicted octanol–water partition coefficient (Wildman–Crippen LogP) is -6.20. The summed E-state index contributed by atoms with van der Waals surface area (Å²) in [5, 5.41) is -1.14. The van der Waals surface area contributed by atoms with Crippen LogP contribution in [0.5, 0.6) is 0 Å². The molecule has 0 aromatic heterocycles. The predicted molar refractivity (Wildman–Crippen MR) is 52.2 cm³/mol. The van der Waals surface area contributed by atoms with Crippen molar-refractivity contribution in [3.05, 3.63) is 0 Å². The van der Waals surface area contributed by atoms with Gasteiger partial charge in [-0.2, -0.15) is 0 Å². The van der Waals surface area contributed by atoms with Gasteiger partial charge in [-0.15, -0.1) is 0 Å². The minimum atomic E-state index is -1.89. The van der Waals surface area contributed by atoms with Gasteiger partial charge >= 0.3 is 71.1 Å².